The molecule has 1 aromatic heterocycles. The maximum Gasteiger partial charge on any atom is 0.339 e. The van der Waals surface area contributed by atoms with Crippen LogP contribution in [-0.4, -0.2) is 16.1 Å². The molecule has 1 heterocycles. The van der Waals surface area contributed by atoms with Crippen molar-refractivity contribution in [3.05, 3.63) is 41.2 Å². The molecule has 4 nitrogen and oxygen atoms in total. The van der Waals surface area contributed by atoms with E-state index in [-0.39, 0.29) is 17.2 Å². The van der Waals surface area contributed by atoms with E-state index in [0.29, 0.717) is 16.8 Å². The van der Waals surface area contributed by atoms with Crippen molar-refractivity contribution in [2.75, 3.05) is 5.73 Å². The molecule has 17 heavy (non-hydrogen) atoms. The Morgan fingerprint density at radius 1 is 1.41 bits per heavy atom. The highest BCUT2D eigenvalue weighted by molar-refractivity contribution is 5.94. The predicted molar refractivity (Wildman–Crippen MR) is 62.3 cm³/mol. The molecule has 0 unspecified atom stereocenters. The van der Waals surface area contributed by atoms with Crippen molar-refractivity contribution >= 4 is 11.8 Å². The normalized spacial score (nSPS) is 10.5. The van der Waals surface area contributed by atoms with Crippen LogP contribution in [0.1, 0.15) is 15.9 Å². The Morgan fingerprint density at radius 2 is 2.12 bits per heavy atom. The molecule has 88 valence electrons. The number of carbonyl (C=O) groups is 1. The van der Waals surface area contributed by atoms with E-state index in [1.807, 2.05) is 0 Å². The molecular formula is C12H11FN2O2. The van der Waals surface area contributed by atoms with Gasteiger partial charge in [0.25, 0.3) is 0 Å². The molecule has 5 heteroatoms. The van der Waals surface area contributed by atoms with Gasteiger partial charge in [-0.15, -0.1) is 0 Å². The Labute approximate surface area is 96.9 Å². The maximum atomic E-state index is 13.1. The minimum absolute atomic E-state index is 0.0157. The molecule has 0 aliphatic rings. The first-order valence-electron chi connectivity index (χ1n) is 4.97. The summed E-state index contributed by atoms with van der Waals surface area (Å²) >= 11 is 0. The molecule has 0 bridgehead atoms. The summed E-state index contributed by atoms with van der Waals surface area (Å²) in [6.45, 7) is 1.64. The van der Waals surface area contributed by atoms with E-state index in [2.05, 4.69) is 4.98 Å². The van der Waals surface area contributed by atoms with E-state index in [0.717, 1.165) is 0 Å². The quantitative estimate of drug-likeness (QED) is 0.746. The number of aromatic nitrogens is 1. The molecule has 0 saturated heterocycles. The van der Waals surface area contributed by atoms with E-state index < -0.39 is 5.97 Å². The van der Waals surface area contributed by atoms with Gasteiger partial charge in [-0.2, -0.15) is 0 Å². The summed E-state index contributed by atoms with van der Waals surface area (Å²) in [5.41, 5.74) is 7.30. The van der Waals surface area contributed by atoms with Crippen LogP contribution in [0.2, 0.25) is 0 Å². The summed E-state index contributed by atoms with van der Waals surface area (Å²) in [6, 6.07) is 5.97. The van der Waals surface area contributed by atoms with Gasteiger partial charge < -0.3 is 15.8 Å². The first-order valence-corrected chi connectivity index (χ1v) is 4.97. The largest absolute Gasteiger partial charge is 0.478 e. The van der Waals surface area contributed by atoms with Gasteiger partial charge in [-0.1, -0.05) is 0 Å². The highest BCUT2D eigenvalue weighted by atomic mass is 19.1. The molecule has 0 radical (unpaired) electrons. The topological polar surface area (TPSA) is 79.1 Å². The summed E-state index contributed by atoms with van der Waals surface area (Å²) in [6.07, 6.45) is 0. The molecule has 0 amide bonds. The lowest BCUT2D eigenvalue weighted by molar-refractivity contribution is 0.0698. The minimum atomic E-state index is -1.09. The Bertz CT molecular complexity index is 590. The zero-order valence-corrected chi connectivity index (χ0v) is 9.12. The third-order valence-electron chi connectivity index (χ3n) is 2.55. The average molecular weight is 234 g/mol. The van der Waals surface area contributed by atoms with Crippen molar-refractivity contribution in [1.29, 1.82) is 0 Å². The molecule has 0 fully saturated rings. The van der Waals surface area contributed by atoms with Crippen LogP contribution < -0.4 is 5.73 Å². The molecule has 2 rings (SSSR count). The zero-order chi connectivity index (χ0) is 12.6. The van der Waals surface area contributed by atoms with E-state index in [4.69, 9.17) is 10.8 Å². The molecule has 4 N–H and O–H groups in total. The standard InChI is InChI=1S/C12H11FN2O2/c1-6-4-7(2-3-9(6)13)10-5-8(12(16)17)11(14)15-10/h2-5,15H,14H2,1H3,(H,16,17). The van der Waals surface area contributed by atoms with E-state index >= 15 is 0 Å². The number of nitrogens with two attached hydrogens (primary N) is 1. The maximum absolute atomic E-state index is 13.1. The third-order valence-corrected chi connectivity index (χ3v) is 2.55. The molecule has 0 aliphatic carbocycles. The number of halogens is 1. The Balaban J connectivity index is 2.50. The summed E-state index contributed by atoms with van der Waals surface area (Å²) in [4.78, 5) is 13.6. The van der Waals surface area contributed by atoms with Crippen LogP contribution in [0.25, 0.3) is 11.3 Å². The van der Waals surface area contributed by atoms with Gasteiger partial charge in [-0.05, 0) is 42.3 Å². The highest BCUT2D eigenvalue weighted by Crippen LogP contribution is 2.25. The fourth-order valence-corrected chi connectivity index (χ4v) is 1.62. The number of H-pyrrole nitrogens is 1. The van der Waals surface area contributed by atoms with Crippen molar-refractivity contribution in [2.45, 2.75) is 6.92 Å². The molecule has 2 aromatic rings. The SMILES string of the molecule is Cc1cc(-c2cc(C(=O)O)c(N)[nH]2)ccc1F. The van der Waals surface area contributed by atoms with Gasteiger partial charge in [0.1, 0.15) is 17.2 Å². The number of benzene rings is 1. The summed E-state index contributed by atoms with van der Waals surface area (Å²) in [7, 11) is 0. The van der Waals surface area contributed by atoms with Crippen molar-refractivity contribution in [3.8, 4) is 11.3 Å². The van der Waals surface area contributed by atoms with Crippen LogP contribution in [0.4, 0.5) is 10.2 Å². The highest BCUT2D eigenvalue weighted by Gasteiger charge is 2.13. The zero-order valence-electron chi connectivity index (χ0n) is 9.12. The number of nitrogen functional groups attached to an aromatic ring is 1. The molecule has 0 atom stereocenters. The van der Waals surface area contributed by atoms with Gasteiger partial charge in [0.2, 0.25) is 0 Å². The Morgan fingerprint density at radius 3 is 2.65 bits per heavy atom. The lowest BCUT2D eigenvalue weighted by Crippen LogP contribution is -1.98. The van der Waals surface area contributed by atoms with Crippen LogP contribution in [0.5, 0.6) is 0 Å². The second-order valence-corrected chi connectivity index (χ2v) is 3.78. The van der Waals surface area contributed by atoms with Crippen LogP contribution in [0.15, 0.2) is 24.3 Å². The van der Waals surface area contributed by atoms with Crippen molar-refractivity contribution in [1.82, 2.24) is 4.98 Å². The summed E-state index contributed by atoms with van der Waals surface area (Å²) in [5.74, 6) is -1.30. The predicted octanol–water partition coefficient (Wildman–Crippen LogP) is 2.41. The number of aromatic amines is 1. The lowest BCUT2D eigenvalue weighted by atomic mass is 10.1. The van der Waals surface area contributed by atoms with Gasteiger partial charge in [-0.3, -0.25) is 0 Å². The number of aromatic carboxylic acids is 1. The fraction of sp³-hybridized carbons (Fsp3) is 0.0833. The molecule has 0 aliphatic heterocycles. The number of anilines is 1. The number of nitrogens with one attached hydrogen (secondary N) is 1. The molecular weight excluding hydrogens is 223 g/mol. The number of carboxylic acids is 1. The van der Waals surface area contributed by atoms with Gasteiger partial charge >= 0.3 is 5.97 Å². The number of aryl methyl sites for hydroxylation is 1. The van der Waals surface area contributed by atoms with Crippen LogP contribution in [0, 0.1) is 12.7 Å². The Kier molecular flexibility index (Phi) is 2.59. The Hall–Kier alpha value is -2.30. The molecule has 1 aromatic carbocycles. The second-order valence-electron chi connectivity index (χ2n) is 3.78. The van der Waals surface area contributed by atoms with Gasteiger partial charge in [-0.25, -0.2) is 9.18 Å². The van der Waals surface area contributed by atoms with Crippen molar-refractivity contribution < 1.29 is 14.3 Å². The number of hydrogen-bond acceptors (Lipinski definition) is 2. The van der Waals surface area contributed by atoms with Gasteiger partial charge in [0.05, 0.1) is 0 Å². The fourth-order valence-electron chi connectivity index (χ4n) is 1.62. The van der Waals surface area contributed by atoms with Gasteiger partial charge in [0.15, 0.2) is 0 Å². The smallest absolute Gasteiger partial charge is 0.339 e. The van der Waals surface area contributed by atoms with Crippen molar-refractivity contribution in [2.24, 2.45) is 0 Å². The second kappa shape index (κ2) is 3.93. The lowest BCUT2D eigenvalue weighted by Gasteiger charge is -2.00. The number of hydrogen-bond donors (Lipinski definition) is 3. The summed E-state index contributed by atoms with van der Waals surface area (Å²) < 4.78 is 13.1. The third kappa shape index (κ3) is 1.99. The number of carboxylic acid groups (broad SMARTS) is 1. The van der Waals surface area contributed by atoms with Gasteiger partial charge in [0, 0.05) is 5.69 Å². The monoisotopic (exact) mass is 234 g/mol. The van der Waals surface area contributed by atoms with Crippen LogP contribution in [-0.2, 0) is 0 Å². The van der Waals surface area contributed by atoms with E-state index in [1.54, 1.807) is 19.1 Å². The number of rotatable bonds is 2. The van der Waals surface area contributed by atoms with E-state index in [1.165, 1.54) is 12.1 Å². The first-order chi connectivity index (χ1) is 7.99. The van der Waals surface area contributed by atoms with Crippen LogP contribution >= 0.6 is 0 Å². The molecule has 0 saturated carbocycles. The first kappa shape index (κ1) is 11.2. The van der Waals surface area contributed by atoms with Crippen LogP contribution in [0.3, 0.4) is 0 Å². The van der Waals surface area contributed by atoms with Crippen molar-refractivity contribution in [3.63, 3.8) is 0 Å². The minimum Gasteiger partial charge on any atom is -0.478 e. The average Bonchev–Trinajstić information content (AvgIpc) is 2.64. The summed E-state index contributed by atoms with van der Waals surface area (Å²) in [5, 5.41) is 8.86. The van der Waals surface area contributed by atoms with E-state index in [9.17, 15) is 9.18 Å². The molecule has 0 spiro atoms.